The van der Waals surface area contributed by atoms with Gasteiger partial charge in [-0.15, -0.1) is 0 Å². The highest BCUT2D eigenvalue weighted by Crippen LogP contribution is 2.24. The first kappa shape index (κ1) is 15.3. The molecule has 0 saturated carbocycles. The van der Waals surface area contributed by atoms with Gasteiger partial charge in [-0.2, -0.15) is 0 Å². The summed E-state index contributed by atoms with van der Waals surface area (Å²) in [6, 6.07) is 4.01. The Morgan fingerprint density at radius 1 is 1.50 bits per heavy atom. The van der Waals surface area contributed by atoms with Crippen molar-refractivity contribution in [1.29, 1.82) is 0 Å². The van der Waals surface area contributed by atoms with Crippen LogP contribution in [-0.2, 0) is 0 Å². The van der Waals surface area contributed by atoms with E-state index in [-0.39, 0.29) is 22.2 Å². The number of amides is 1. The van der Waals surface area contributed by atoms with Crippen LogP contribution in [0.25, 0.3) is 0 Å². The third-order valence-electron chi connectivity index (χ3n) is 3.36. The summed E-state index contributed by atoms with van der Waals surface area (Å²) >= 11 is 9.29. The SMILES string of the molecule is O=C(c1cc(Cl)cc([N+](=O)[O-])c1)N1CCCC(CBr)C1. The highest BCUT2D eigenvalue weighted by Gasteiger charge is 2.25. The third-order valence-corrected chi connectivity index (χ3v) is 4.50. The van der Waals surface area contributed by atoms with Crippen molar-refractivity contribution in [3.05, 3.63) is 38.9 Å². The van der Waals surface area contributed by atoms with Crippen molar-refractivity contribution in [3.8, 4) is 0 Å². The molecule has 1 amide bonds. The van der Waals surface area contributed by atoms with E-state index in [4.69, 9.17) is 11.6 Å². The number of nitro groups is 1. The number of carbonyl (C=O) groups is 1. The van der Waals surface area contributed by atoms with Crippen molar-refractivity contribution in [3.63, 3.8) is 0 Å². The highest BCUT2D eigenvalue weighted by atomic mass is 79.9. The van der Waals surface area contributed by atoms with Crippen LogP contribution in [0.5, 0.6) is 0 Å². The highest BCUT2D eigenvalue weighted by molar-refractivity contribution is 9.09. The van der Waals surface area contributed by atoms with Crippen LogP contribution < -0.4 is 0 Å². The van der Waals surface area contributed by atoms with Gasteiger partial charge in [0.25, 0.3) is 11.6 Å². The van der Waals surface area contributed by atoms with Crippen molar-refractivity contribution in [2.24, 2.45) is 5.92 Å². The summed E-state index contributed by atoms with van der Waals surface area (Å²) in [5.74, 6) is 0.239. The Bertz CT molecular complexity index is 538. The molecule has 0 spiro atoms. The van der Waals surface area contributed by atoms with Crippen molar-refractivity contribution < 1.29 is 9.72 Å². The van der Waals surface area contributed by atoms with Crippen LogP contribution in [0.4, 0.5) is 5.69 Å². The Morgan fingerprint density at radius 2 is 2.25 bits per heavy atom. The van der Waals surface area contributed by atoms with E-state index in [0.29, 0.717) is 19.0 Å². The minimum atomic E-state index is -0.542. The molecule has 1 unspecified atom stereocenters. The minimum absolute atomic E-state index is 0.157. The summed E-state index contributed by atoms with van der Waals surface area (Å²) in [6.07, 6.45) is 2.04. The molecule has 0 N–H and O–H groups in total. The average Bonchev–Trinajstić information content (AvgIpc) is 2.45. The van der Waals surface area contributed by atoms with Gasteiger partial charge in [-0.05, 0) is 24.8 Å². The molecule has 20 heavy (non-hydrogen) atoms. The van der Waals surface area contributed by atoms with Gasteiger partial charge in [-0.25, -0.2) is 0 Å². The number of rotatable bonds is 3. The number of non-ortho nitro benzene ring substituents is 1. The van der Waals surface area contributed by atoms with Crippen LogP contribution in [0.2, 0.25) is 5.02 Å². The molecule has 1 aromatic rings. The van der Waals surface area contributed by atoms with E-state index in [2.05, 4.69) is 15.9 Å². The normalized spacial score (nSPS) is 18.9. The summed E-state index contributed by atoms with van der Waals surface area (Å²) in [6.45, 7) is 1.35. The number of likely N-dealkylation sites (tertiary alicyclic amines) is 1. The van der Waals surface area contributed by atoms with E-state index in [1.165, 1.54) is 18.2 Å². The van der Waals surface area contributed by atoms with Crippen LogP contribution in [0.15, 0.2) is 18.2 Å². The number of hydrogen-bond acceptors (Lipinski definition) is 3. The molecule has 1 fully saturated rings. The summed E-state index contributed by atoms with van der Waals surface area (Å²) in [4.78, 5) is 24.4. The number of nitrogens with zero attached hydrogens (tertiary/aromatic N) is 2. The van der Waals surface area contributed by atoms with Crippen LogP contribution >= 0.6 is 27.5 Å². The Hall–Kier alpha value is -1.14. The third kappa shape index (κ3) is 3.49. The first-order valence-electron chi connectivity index (χ1n) is 6.31. The minimum Gasteiger partial charge on any atom is -0.338 e. The largest absolute Gasteiger partial charge is 0.338 e. The zero-order valence-electron chi connectivity index (χ0n) is 10.7. The number of benzene rings is 1. The fourth-order valence-electron chi connectivity index (χ4n) is 2.36. The summed E-state index contributed by atoms with van der Waals surface area (Å²) < 4.78 is 0. The lowest BCUT2D eigenvalue weighted by Crippen LogP contribution is -2.40. The lowest BCUT2D eigenvalue weighted by molar-refractivity contribution is -0.384. The number of carbonyl (C=O) groups excluding carboxylic acids is 1. The Kier molecular flexibility index (Phi) is 4.99. The number of alkyl halides is 1. The van der Waals surface area contributed by atoms with Crippen LogP contribution in [-0.4, -0.2) is 34.2 Å². The number of piperidine rings is 1. The molecule has 1 aliphatic rings. The van der Waals surface area contributed by atoms with Gasteiger partial charge in [-0.1, -0.05) is 27.5 Å². The zero-order chi connectivity index (χ0) is 14.7. The Balaban J connectivity index is 2.22. The maximum Gasteiger partial charge on any atom is 0.271 e. The summed E-state index contributed by atoms with van der Waals surface area (Å²) in [5, 5.41) is 11.9. The molecule has 0 aromatic heterocycles. The van der Waals surface area contributed by atoms with Gasteiger partial charge < -0.3 is 4.90 Å². The number of halogens is 2. The first-order chi connectivity index (χ1) is 9.51. The van der Waals surface area contributed by atoms with Crippen LogP contribution in [0, 0.1) is 16.0 Å². The van der Waals surface area contributed by atoms with Crippen molar-refractivity contribution in [2.75, 3.05) is 18.4 Å². The maximum atomic E-state index is 12.4. The molecular formula is C13H14BrClN2O3. The predicted octanol–water partition coefficient (Wildman–Crippen LogP) is 3.50. The van der Waals surface area contributed by atoms with Crippen LogP contribution in [0.3, 0.4) is 0 Å². The first-order valence-corrected chi connectivity index (χ1v) is 7.81. The van der Waals surface area contributed by atoms with E-state index >= 15 is 0 Å². The Labute approximate surface area is 130 Å². The topological polar surface area (TPSA) is 63.4 Å². The predicted molar refractivity (Wildman–Crippen MR) is 80.5 cm³/mol. The summed E-state index contributed by atoms with van der Waals surface area (Å²) in [5.41, 5.74) is 0.120. The van der Waals surface area contributed by atoms with E-state index < -0.39 is 4.92 Å². The Morgan fingerprint density at radius 3 is 2.90 bits per heavy atom. The fourth-order valence-corrected chi connectivity index (χ4v) is 3.12. The van der Waals surface area contributed by atoms with Gasteiger partial charge in [-0.3, -0.25) is 14.9 Å². The van der Waals surface area contributed by atoms with E-state index in [1.54, 1.807) is 4.90 Å². The molecule has 1 heterocycles. The molecule has 1 aromatic carbocycles. The average molecular weight is 362 g/mol. The monoisotopic (exact) mass is 360 g/mol. The molecule has 0 aliphatic carbocycles. The van der Waals surface area contributed by atoms with E-state index in [1.807, 2.05) is 0 Å². The lowest BCUT2D eigenvalue weighted by Gasteiger charge is -2.32. The molecule has 1 atom stereocenters. The van der Waals surface area contributed by atoms with Gasteiger partial charge in [0.15, 0.2) is 0 Å². The van der Waals surface area contributed by atoms with Gasteiger partial charge in [0, 0.05) is 41.1 Å². The molecule has 1 aliphatic heterocycles. The second-order valence-corrected chi connectivity index (χ2v) is 5.95. The molecule has 108 valence electrons. The maximum absolute atomic E-state index is 12.4. The molecule has 7 heteroatoms. The smallest absolute Gasteiger partial charge is 0.271 e. The molecule has 5 nitrogen and oxygen atoms in total. The molecule has 1 saturated heterocycles. The quantitative estimate of drug-likeness (QED) is 0.470. The molecule has 2 rings (SSSR count). The van der Waals surface area contributed by atoms with Gasteiger partial charge in [0.05, 0.1) is 4.92 Å². The van der Waals surface area contributed by atoms with Gasteiger partial charge in [0.2, 0.25) is 0 Å². The second-order valence-electron chi connectivity index (χ2n) is 4.87. The van der Waals surface area contributed by atoms with Gasteiger partial charge in [0.1, 0.15) is 0 Å². The molecule has 0 radical (unpaired) electrons. The van der Waals surface area contributed by atoms with Crippen molar-refractivity contribution >= 4 is 39.1 Å². The molecule has 0 bridgehead atoms. The van der Waals surface area contributed by atoms with Gasteiger partial charge >= 0.3 is 0 Å². The lowest BCUT2D eigenvalue weighted by atomic mass is 9.99. The van der Waals surface area contributed by atoms with Crippen LogP contribution in [0.1, 0.15) is 23.2 Å². The number of nitro benzene ring substituents is 1. The van der Waals surface area contributed by atoms with E-state index in [9.17, 15) is 14.9 Å². The standard InChI is InChI=1S/C13H14BrClN2O3/c14-7-9-2-1-3-16(8-9)13(18)10-4-11(15)6-12(5-10)17(19)20/h4-6,9H,1-3,7-8H2. The van der Waals surface area contributed by atoms with Crippen molar-refractivity contribution in [1.82, 2.24) is 4.90 Å². The second kappa shape index (κ2) is 6.54. The van der Waals surface area contributed by atoms with E-state index in [0.717, 1.165) is 18.2 Å². The zero-order valence-corrected chi connectivity index (χ0v) is 13.1. The summed E-state index contributed by atoms with van der Waals surface area (Å²) in [7, 11) is 0. The van der Waals surface area contributed by atoms with Crippen molar-refractivity contribution in [2.45, 2.75) is 12.8 Å². The molecular weight excluding hydrogens is 348 g/mol. The fraction of sp³-hybridized carbons (Fsp3) is 0.462. The number of hydrogen-bond donors (Lipinski definition) is 0.